The maximum absolute atomic E-state index is 13.5. The standard InChI is InChI=1S/C23H27N7O6S2/c1-28-5-4-16-18(12-28)37-22(26-16)23(33)30-7-6-29(11-15(30)10-20(31)32)38(35,36)19-9-13-2-3-14(21(24)27-34)8-17(13)25-19/h2-3,8-9,15,25,34H,4-7,10-12H2,1H3,(H2,24,27)(H,31,32). The lowest BCUT2D eigenvalue weighted by molar-refractivity contribution is -0.138. The summed E-state index contributed by atoms with van der Waals surface area (Å²) < 4.78 is 28.2. The Labute approximate surface area is 222 Å². The van der Waals surface area contributed by atoms with Gasteiger partial charge in [0.25, 0.3) is 15.9 Å². The SMILES string of the molecule is CN1CCc2nc(C(=O)N3CCN(S(=O)(=O)c4cc5ccc(C(N)=NO)cc5[nH]4)CC3CC(=O)O)sc2C1. The average molecular weight is 562 g/mol. The van der Waals surface area contributed by atoms with Gasteiger partial charge in [-0.2, -0.15) is 4.31 Å². The molecule has 1 fully saturated rings. The molecule has 13 nitrogen and oxygen atoms in total. The number of carboxylic acids is 1. The molecule has 5 rings (SSSR count). The number of rotatable bonds is 6. The number of carbonyl (C=O) groups excluding carboxylic acids is 1. The number of oxime groups is 1. The number of hydrogen-bond acceptors (Lipinski definition) is 9. The van der Waals surface area contributed by atoms with E-state index in [1.165, 1.54) is 26.6 Å². The predicted octanol–water partition coefficient (Wildman–Crippen LogP) is 0.697. The first-order chi connectivity index (χ1) is 18.1. The number of benzene rings is 1. The number of nitrogens with one attached hydrogen (secondary N) is 1. The molecule has 4 heterocycles. The van der Waals surface area contributed by atoms with Gasteiger partial charge in [-0.05, 0) is 19.2 Å². The van der Waals surface area contributed by atoms with Crippen LogP contribution in [0.4, 0.5) is 0 Å². The summed E-state index contributed by atoms with van der Waals surface area (Å²) in [6.45, 7) is 1.42. The smallest absolute Gasteiger partial charge is 0.305 e. The molecule has 0 bridgehead atoms. The first kappa shape index (κ1) is 26.1. The number of sulfonamides is 1. The number of H-pyrrole nitrogens is 1. The van der Waals surface area contributed by atoms with E-state index in [4.69, 9.17) is 10.9 Å². The Morgan fingerprint density at radius 1 is 1.26 bits per heavy atom. The van der Waals surface area contributed by atoms with E-state index in [2.05, 4.69) is 20.0 Å². The van der Waals surface area contributed by atoms with Crippen molar-refractivity contribution in [2.75, 3.05) is 33.2 Å². The summed E-state index contributed by atoms with van der Waals surface area (Å²) >= 11 is 1.31. The van der Waals surface area contributed by atoms with Crippen molar-refractivity contribution in [2.45, 2.75) is 30.5 Å². The van der Waals surface area contributed by atoms with Gasteiger partial charge in [-0.15, -0.1) is 11.3 Å². The number of nitrogens with two attached hydrogens (primary N) is 1. The molecule has 1 unspecified atom stereocenters. The summed E-state index contributed by atoms with van der Waals surface area (Å²) in [7, 11) is -2.04. The Balaban J connectivity index is 1.39. The second-order valence-electron chi connectivity index (χ2n) is 9.41. The van der Waals surface area contributed by atoms with Gasteiger partial charge in [0.2, 0.25) is 0 Å². The molecule has 0 spiro atoms. The third-order valence-electron chi connectivity index (χ3n) is 6.84. The molecule has 2 aliphatic heterocycles. The van der Waals surface area contributed by atoms with Crippen molar-refractivity contribution in [3.63, 3.8) is 0 Å². The second kappa shape index (κ2) is 9.98. The minimum absolute atomic E-state index is 0.00273. The molecular formula is C23H27N7O6S2. The molecule has 1 saturated heterocycles. The molecule has 5 N–H and O–H groups in total. The maximum Gasteiger partial charge on any atom is 0.305 e. The van der Waals surface area contributed by atoms with Crippen molar-refractivity contribution in [3.05, 3.63) is 45.4 Å². The molecule has 38 heavy (non-hydrogen) atoms. The number of amidine groups is 1. The van der Waals surface area contributed by atoms with Crippen molar-refractivity contribution in [2.24, 2.45) is 10.9 Å². The Morgan fingerprint density at radius 3 is 2.79 bits per heavy atom. The van der Waals surface area contributed by atoms with E-state index in [0.717, 1.165) is 23.5 Å². The summed E-state index contributed by atoms with van der Waals surface area (Å²) in [4.78, 5) is 37.0. The van der Waals surface area contributed by atoms with Crippen molar-refractivity contribution >= 4 is 50.0 Å². The predicted molar refractivity (Wildman–Crippen MR) is 139 cm³/mol. The normalized spacial score (nSPS) is 19.6. The van der Waals surface area contributed by atoms with E-state index in [9.17, 15) is 23.1 Å². The summed E-state index contributed by atoms with van der Waals surface area (Å²) in [5, 5.41) is 22.2. The van der Waals surface area contributed by atoms with Gasteiger partial charge in [0.1, 0.15) is 5.03 Å². The van der Waals surface area contributed by atoms with Gasteiger partial charge in [0.05, 0.1) is 18.2 Å². The first-order valence-corrected chi connectivity index (χ1v) is 14.1. The molecule has 3 aromatic rings. The average Bonchev–Trinajstić information content (AvgIpc) is 3.51. The molecule has 1 amide bonds. The van der Waals surface area contributed by atoms with Crippen LogP contribution in [0.25, 0.3) is 10.9 Å². The molecular weight excluding hydrogens is 534 g/mol. The van der Waals surface area contributed by atoms with Crippen LogP contribution in [0, 0.1) is 0 Å². The Hall–Kier alpha value is -3.53. The molecule has 0 aliphatic carbocycles. The number of fused-ring (bicyclic) bond motifs is 2. The fourth-order valence-electron chi connectivity index (χ4n) is 4.82. The van der Waals surface area contributed by atoms with Crippen LogP contribution in [-0.4, -0.2) is 99.8 Å². The third-order valence-corrected chi connectivity index (χ3v) is 9.70. The van der Waals surface area contributed by atoms with Gasteiger partial charge in [-0.1, -0.05) is 17.3 Å². The van der Waals surface area contributed by atoms with Gasteiger partial charge < -0.3 is 30.8 Å². The summed E-state index contributed by atoms with van der Waals surface area (Å²) in [6.07, 6.45) is 0.340. The van der Waals surface area contributed by atoms with Crippen LogP contribution in [0.2, 0.25) is 0 Å². The van der Waals surface area contributed by atoms with Crippen molar-refractivity contribution < 1.29 is 28.3 Å². The number of aromatic nitrogens is 2. The van der Waals surface area contributed by atoms with Gasteiger partial charge in [-0.25, -0.2) is 13.4 Å². The summed E-state index contributed by atoms with van der Waals surface area (Å²) in [6, 6.07) is 5.43. The highest BCUT2D eigenvalue weighted by atomic mass is 32.2. The fraction of sp³-hybridized carbons (Fsp3) is 0.391. The highest BCUT2D eigenvalue weighted by molar-refractivity contribution is 7.89. The van der Waals surface area contributed by atoms with Gasteiger partial charge >= 0.3 is 5.97 Å². The highest BCUT2D eigenvalue weighted by Gasteiger charge is 2.39. The largest absolute Gasteiger partial charge is 0.481 e. The van der Waals surface area contributed by atoms with Crippen molar-refractivity contribution in [1.29, 1.82) is 0 Å². The maximum atomic E-state index is 13.5. The van der Waals surface area contributed by atoms with E-state index < -0.39 is 28.5 Å². The molecule has 1 atom stereocenters. The molecule has 15 heteroatoms. The van der Waals surface area contributed by atoms with E-state index in [1.54, 1.807) is 18.2 Å². The van der Waals surface area contributed by atoms with Crippen LogP contribution < -0.4 is 5.73 Å². The van der Waals surface area contributed by atoms with Crippen LogP contribution in [0.1, 0.15) is 32.4 Å². The monoisotopic (exact) mass is 561 g/mol. The quantitative estimate of drug-likeness (QED) is 0.145. The molecule has 2 aromatic heterocycles. The lowest BCUT2D eigenvalue weighted by Gasteiger charge is -2.39. The van der Waals surface area contributed by atoms with Crippen molar-refractivity contribution in [1.82, 2.24) is 24.1 Å². The number of nitrogens with zero attached hydrogens (tertiary/aromatic N) is 5. The Bertz CT molecular complexity index is 1550. The number of hydrogen-bond donors (Lipinski definition) is 4. The number of amides is 1. The van der Waals surface area contributed by atoms with Crippen LogP contribution in [-0.2, 0) is 27.8 Å². The number of carbonyl (C=O) groups is 2. The number of aromatic amines is 1. The number of aliphatic carboxylic acids is 1. The van der Waals surface area contributed by atoms with Crippen LogP contribution in [0.5, 0.6) is 0 Å². The first-order valence-electron chi connectivity index (χ1n) is 11.9. The molecule has 2 aliphatic rings. The van der Waals surface area contributed by atoms with E-state index in [0.29, 0.717) is 28.0 Å². The van der Waals surface area contributed by atoms with Crippen LogP contribution >= 0.6 is 11.3 Å². The third kappa shape index (κ3) is 4.84. The van der Waals surface area contributed by atoms with E-state index in [1.807, 2.05) is 7.05 Å². The van der Waals surface area contributed by atoms with Crippen LogP contribution in [0.15, 0.2) is 34.4 Å². The zero-order chi connectivity index (χ0) is 27.2. The second-order valence-corrected chi connectivity index (χ2v) is 12.4. The fourth-order valence-corrected chi connectivity index (χ4v) is 7.45. The minimum Gasteiger partial charge on any atom is -0.481 e. The number of likely N-dealkylation sites (N-methyl/N-ethyl adjacent to an activating group) is 1. The van der Waals surface area contributed by atoms with E-state index in [-0.39, 0.29) is 36.4 Å². The summed E-state index contributed by atoms with van der Waals surface area (Å²) in [5.41, 5.74) is 7.41. The zero-order valence-corrected chi connectivity index (χ0v) is 22.1. The Morgan fingerprint density at radius 2 is 2.05 bits per heavy atom. The van der Waals surface area contributed by atoms with Crippen molar-refractivity contribution in [3.8, 4) is 0 Å². The van der Waals surface area contributed by atoms with Gasteiger partial charge in [0, 0.05) is 60.5 Å². The summed E-state index contributed by atoms with van der Waals surface area (Å²) in [5.74, 6) is -1.62. The van der Waals surface area contributed by atoms with Gasteiger partial charge in [-0.3, -0.25) is 9.59 Å². The number of thiazole rings is 1. The van der Waals surface area contributed by atoms with E-state index >= 15 is 0 Å². The minimum atomic E-state index is -4.04. The van der Waals surface area contributed by atoms with Gasteiger partial charge in [0.15, 0.2) is 10.8 Å². The topological polar surface area (TPSA) is 186 Å². The number of carboxylic acid groups (broad SMARTS) is 1. The highest BCUT2D eigenvalue weighted by Crippen LogP contribution is 2.29. The molecule has 202 valence electrons. The number of piperazine rings is 1. The molecule has 1 aromatic carbocycles. The lowest BCUT2D eigenvalue weighted by Crippen LogP contribution is -2.57. The molecule has 0 radical (unpaired) electrons. The zero-order valence-electron chi connectivity index (χ0n) is 20.5. The lowest BCUT2D eigenvalue weighted by atomic mass is 10.1. The molecule has 0 saturated carbocycles. The van der Waals surface area contributed by atoms with Crippen LogP contribution in [0.3, 0.4) is 0 Å². The Kier molecular flexibility index (Phi) is 6.85.